The van der Waals surface area contributed by atoms with Gasteiger partial charge in [-0.05, 0) is 13.8 Å². The Kier molecular flexibility index (Phi) is 4.79. The molecule has 0 unspecified atom stereocenters. The second-order valence-corrected chi connectivity index (χ2v) is 5.97. The highest BCUT2D eigenvalue weighted by molar-refractivity contribution is 6.03. The van der Waals surface area contributed by atoms with Crippen LogP contribution in [-0.4, -0.2) is 25.2 Å². The lowest BCUT2D eigenvalue weighted by molar-refractivity contribution is -0.143. The highest BCUT2D eigenvalue weighted by Crippen LogP contribution is 2.44. The fourth-order valence-electron chi connectivity index (χ4n) is 2.36. The normalized spacial score (nSPS) is 19.7. The van der Waals surface area contributed by atoms with Crippen molar-refractivity contribution in [1.29, 1.82) is 0 Å². The van der Waals surface area contributed by atoms with Gasteiger partial charge in [-0.3, -0.25) is 0 Å². The van der Waals surface area contributed by atoms with Gasteiger partial charge in [-0.15, -0.1) is 0 Å². The van der Waals surface area contributed by atoms with E-state index < -0.39 is 22.8 Å². The maximum Gasteiger partial charge on any atom is 0.335 e. The molecule has 4 heteroatoms. The van der Waals surface area contributed by atoms with Crippen LogP contribution < -0.4 is 0 Å². The molecule has 1 aliphatic rings. The van der Waals surface area contributed by atoms with E-state index >= 15 is 0 Å². The summed E-state index contributed by atoms with van der Waals surface area (Å²) in [4.78, 5) is 24.6. The Hall–Kier alpha value is -1.58. The van der Waals surface area contributed by atoms with Gasteiger partial charge >= 0.3 is 11.9 Å². The van der Waals surface area contributed by atoms with Crippen molar-refractivity contribution < 1.29 is 19.1 Å². The Morgan fingerprint density at radius 1 is 0.850 bits per heavy atom. The van der Waals surface area contributed by atoms with Gasteiger partial charge in [0.2, 0.25) is 0 Å². The number of hydrogen-bond donors (Lipinski definition) is 0. The number of hydrogen-bond acceptors (Lipinski definition) is 4. The zero-order chi connectivity index (χ0) is 15.6. The summed E-state index contributed by atoms with van der Waals surface area (Å²) < 4.78 is 10.3. The van der Waals surface area contributed by atoms with Crippen LogP contribution in [0.4, 0.5) is 0 Å². The van der Waals surface area contributed by atoms with E-state index in [-0.39, 0.29) is 13.2 Å². The van der Waals surface area contributed by atoms with Gasteiger partial charge in [-0.25, -0.2) is 9.59 Å². The van der Waals surface area contributed by atoms with E-state index in [1.54, 1.807) is 13.8 Å². The van der Waals surface area contributed by atoms with Gasteiger partial charge in [-0.1, -0.05) is 39.8 Å². The number of allylic oxidation sites excluding steroid dienone is 2. The summed E-state index contributed by atoms with van der Waals surface area (Å²) in [5.74, 6) is -0.893. The van der Waals surface area contributed by atoms with Crippen molar-refractivity contribution >= 4 is 11.9 Å². The van der Waals surface area contributed by atoms with Crippen LogP contribution in [0.5, 0.6) is 0 Å². The van der Waals surface area contributed by atoms with E-state index in [4.69, 9.17) is 9.47 Å². The molecule has 112 valence electrons. The minimum atomic E-state index is -0.552. The topological polar surface area (TPSA) is 52.6 Å². The zero-order valence-electron chi connectivity index (χ0n) is 13.2. The molecule has 0 saturated carbocycles. The standard InChI is InChI=1S/C16H24O4/c1-7-19-13(17)11-12(14(18)20-8-2)16(5,6)10-9-15(11,3)4/h9-10H,7-8H2,1-6H3. The molecule has 1 aliphatic carbocycles. The lowest BCUT2D eigenvalue weighted by Gasteiger charge is -2.36. The third-order valence-corrected chi connectivity index (χ3v) is 3.41. The Morgan fingerprint density at radius 3 is 1.40 bits per heavy atom. The monoisotopic (exact) mass is 280 g/mol. The second kappa shape index (κ2) is 5.81. The fraction of sp³-hybridized carbons (Fsp3) is 0.625. The van der Waals surface area contributed by atoms with Crippen LogP contribution in [0.15, 0.2) is 23.3 Å². The summed E-state index contributed by atoms with van der Waals surface area (Å²) in [6.07, 6.45) is 3.89. The Bertz CT molecular complexity index is 425. The van der Waals surface area contributed by atoms with Gasteiger partial charge in [0, 0.05) is 10.8 Å². The maximum absolute atomic E-state index is 12.3. The molecule has 0 spiro atoms. The van der Waals surface area contributed by atoms with E-state index in [1.165, 1.54) is 0 Å². The number of ether oxygens (including phenoxy) is 2. The van der Waals surface area contributed by atoms with Crippen molar-refractivity contribution in [2.75, 3.05) is 13.2 Å². The summed E-state index contributed by atoms with van der Waals surface area (Å²) in [6, 6.07) is 0. The van der Waals surface area contributed by atoms with E-state index in [9.17, 15) is 9.59 Å². The van der Waals surface area contributed by atoms with Crippen LogP contribution in [0.25, 0.3) is 0 Å². The Labute approximate surface area is 120 Å². The SMILES string of the molecule is CCOC(=O)C1=C(C(=O)OCC)C(C)(C)C=CC1(C)C. The summed E-state index contributed by atoms with van der Waals surface area (Å²) in [5, 5.41) is 0. The average Bonchev–Trinajstić information content (AvgIpc) is 2.32. The Morgan fingerprint density at radius 2 is 1.15 bits per heavy atom. The maximum atomic E-state index is 12.3. The largest absolute Gasteiger partial charge is 0.463 e. The van der Waals surface area contributed by atoms with Crippen molar-refractivity contribution in [1.82, 2.24) is 0 Å². The summed E-state index contributed by atoms with van der Waals surface area (Å²) in [6.45, 7) is 11.6. The van der Waals surface area contributed by atoms with Gasteiger partial charge in [0.15, 0.2) is 0 Å². The van der Waals surface area contributed by atoms with Crippen molar-refractivity contribution in [3.05, 3.63) is 23.3 Å². The van der Waals surface area contributed by atoms with E-state index in [1.807, 2.05) is 39.8 Å². The predicted octanol–water partition coefficient (Wildman–Crippen LogP) is 3.03. The molecular formula is C16H24O4. The molecule has 0 aromatic rings. The van der Waals surface area contributed by atoms with Gasteiger partial charge in [-0.2, -0.15) is 0 Å². The first-order valence-corrected chi connectivity index (χ1v) is 6.97. The highest BCUT2D eigenvalue weighted by Gasteiger charge is 2.43. The van der Waals surface area contributed by atoms with Crippen LogP contribution in [0.1, 0.15) is 41.5 Å². The number of carbonyl (C=O) groups excluding carboxylic acids is 2. The lowest BCUT2D eigenvalue weighted by Crippen LogP contribution is -2.35. The van der Waals surface area contributed by atoms with Crippen LogP contribution in [-0.2, 0) is 19.1 Å². The van der Waals surface area contributed by atoms with Gasteiger partial charge in [0.05, 0.1) is 24.4 Å². The second-order valence-electron chi connectivity index (χ2n) is 5.97. The molecule has 0 aromatic carbocycles. The molecule has 20 heavy (non-hydrogen) atoms. The molecule has 0 atom stereocenters. The third kappa shape index (κ3) is 3.11. The number of rotatable bonds is 4. The van der Waals surface area contributed by atoms with Crippen molar-refractivity contribution in [2.45, 2.75) is 41.5 Å². The quantitative estimate of drug-likeness (QED) is 0.586. The lowest BCUT2D eigenvalue weighted by atomic mass is 9.67. The van der Waals surface area contributed by atoms with Gasteiger partial charge in [0.1, 0.15) is 0 Å². The molecule has 0 aromatic heterocycles. The van der Waals surface area contributed by atoms with E-state index in [0.29, 0.717) is 11.1 Å². The molecule has 0 amide bonds. The number of carbonyl (C=O) groups is 2. The summed E-state index contributed by atoms with van der Waals surface area (Å²) in [5.41, 5.74) is -0.316. The van der Waals surface area contributed by atoms with E-state index in [2.05, 4.69) is 0 Å². The van der Waals surface area contributed by atoms with Gasteiger partial charge in [0.25, 0.3) is 0 Å². The van der Waals surface area contributed by atoms with Crippen LogP contribution >= 0.6 is 0 Å². The summed E-state index contributed by atoms with van der Waals surface area (Å²) in [7, 11) is 0. The first kappa shape index (κ1) is 16.5. The zero-order valence-corrected chi connectivity index (χ0v) is 13.2. The average molecular weight is 280 g/mol. The first-order chi connectivity index (χ1) is 9.17. The first-order valence-electron chi connectivity index (χ1n) is 6.97. The van der Waals surface area contributed by atoms with Crippen molar-refractivity contribution in [3.8, 4) is 0 Å². The van der Waals surface area contributed by atoms with Gasteiger partial charge < -0.3 is 9.47 Å². The molecule has 0 heterocycles. The molecule has 0 saturated heterocycles. The minimum Gasteiger partial charge on any atom is -0.463 e. The van der Waals surface area contributed by atoms with Crippen LogP contribution in [0.3, 0.4) is 0 Å². The Balaban J connectivity index is 3.46. The molecule has 0 radical (unpaired) electrons. The minimum absolute atomic E-state index is 0.276. The smallest absolute Gasteiger partial charge is 0.335 e. The molecule has 0 bridgehead atoms. The highest BCUT2D eigenvalue weighted by atomic mass is 16.5. The molecule has 0 N–H and O–H groups in total. The third-order valence-electron chi connectivity index (χ3n) is 3.41. The van der Waals surface area contributed by atoms with Crippen molar-refractivity contribution in [2.24, 2.45) is 10.8 Å². The molecular weight excluding hydrogens is 256 g/mol. The molecule has 0 aliphatic heterocycles. The van der Waals surface area contributed by atoms with E-state index in [0.717, 1.165) is 0 Å². The number of esters is 2. The van der Waals surface area contributed by atoms with Crippen LogP contribution in [0, 0.1) is 10.8 Å². The molecule has 1 rings (SSSR count). The molecule has 4 nitrogen and oxygen atoms in total. The van der Waals surface area contributed by atoms with Crippen molar-refractivity contribution in [3.63, 3.8) is 0 Å². The van der Waals surface area contributed by atoms with Crippen LogP contribution in [0.2, 0.25) is 0 Å². The molecule has 0 fully saturated rings. The summed E-state index contributed by atoms with van der Waals surface area (Å²) >= 11 is 0. The predicted molar refractivity (Wildman–Crippen MR) is 77.0 cm³/mol. The fourth-order valence-corrected chi connectivity index (χ4v) is 2.36.